The lowest BCUT2D eigenvalue weighted by Crippen LogP contribution is -2.18. The molecule has 0 amide bonds. The van der Waals surface area contributed by atoms with Crippen molar-refractivity contribution in [2.45, 2.75) is 45.4 Å². The summed E-state index contributed by atoms with van der Waals surface area (Å²) in [6.45, 7) is 4.01. The lowest BCUT2D eigenvalue weighted by Gasteiger charge is -2.13. The second-order valence-electron chi connectivity index (χ2n) is 5.77. The minimum Gasteiger partial charge on any atom is -0.304 e. The summed E-state index contributed by atoms with van der Waals surface area (Å²) < 4.78 is 0.730. The van der Waals surface area contributed by atoms with Gasteiger partial charge in [0.1, 0.15) is 9.26 Å². The molecule has 1 aliphatic carbocycles. The van der Waals surface area contributed by atoms with E-state index in [-0.39, 0.29) is 5.56 Å². The van der Waals surface area contributed by atoms with Gasteiger partial charge in [0.2, 0.25) is 0 Å². The molecule has 2 aromatic heterocycles. The molecule has 21 heavy (non-hydrogen) atoms. The Morgan fingerprint density at radius 1 is 1.29 bits per heavy atom. The highest BCUT2D eigenvalue weighted by atomic mass is 127. The predicted octanol–water partition coefficient (Wildman–Crippen LogP) is 3.71. The predicted molar refractivity (Wildman–Crippen MR) is 91.5 cm³/mol. The van der Waals surface area contributed by atoms with E-state index in [0.717, 1.165) is 38.9 Å². The van der Waals surface area contributed by atoms with Gasteiger partial charge in [0.25, 0.3) is 5.56 Å². The molecular formula is C16H18IN3O. The molecular weight excluding hydrogens is 377 g/mol. The molecule has 0 saturated heterocycles. The summed E-state index contributed by atoms with van der Waals surface area (Å²) in [6, 6.07) is 2.07. The van der Waals surface area contributed by atoms with Crippen LogP contribution in [-0.2, 0) is 0 Å². The molecule has 110 valence electrons. The van der Waals surface area contributed by atoms with E-state index >= 15 is 0 Å². The van der Waals surface area contributed by atoms with Crippen molar-refractivity contribution in [3.05, 3.63) is 43.0 Å². The number of pyridine rings is 1. The molecule has 5 heteroatoms. The average molecular weight is 395 g/mol. The van der Waals surface area contributed by atoms with Crippen molar-refractivity contribution >= 4 is 22.6 Å². The zero-order valence-electron chi connectivity index (χ0n) is 12.2. The van der Waals surface area contributed by atoms with E-state index in [2.05, 4.69) is 38.6 Å². The average Bonchev–Trinajstić information content (AvgIpc) is 2.96. The van der Waals surface area contributed by atoms with Crippen molar-refractivity contribution in [2.24, 2.45) is 0 Å². The summed E-state index contributed by atoms with van der Waals surface area (Å²) in [4.78, 5) is 24.3. The van der Waals surface area contributed by atoms with Crippen LogP contribution >= 0.6 is 22.6 Å². The smallest absolute Gasteiger partial charge is 0.264 e. The van der Waals surface area contributed by atoms with Crippen molar-refractivity contribution in [1.29, 1.82) is 0 Å². The molecule has 1 N–H and O–H groups in total. The molecule has 0 spiro atoms. The Hall–Kier alpha value is -1.24. The molecule has 0 atom stereocenters. The second-order valence-corrected chi connectivity index (χ2v) is 6.85. The maximum Gasteiger partial charge on any atom is 0.264 e. The fourth-order valence-electron chi connectivity index (χ4n) is 3.02. The van der Waals surface area contributed by atoms with Crippen LogP contribution in [0.3, 0.4) is 0 Å². The highest BCUT2D eigenvalue weighted by Gasteiger charge is 2.23. The van der Waals surface area contributed by atoms with E-state index in [4.69, 9.17) is 4.98 Å². The summed E-state index contributed by atoms with van der Waals surface area (Å²) in [5, 5.41) is 0. The highest BCUT2D eigenvalue weighted by molar-refractivity contribution is 14.1. The van der Waals surface area contributed by atoms with Crippen LogP contribution in [0, 0.1) is 17.4 Å². The number of nitrogens with one attached hydrogen (secondary N) is 1. The number of nitrogens with zero attached hydrogens (tertiary/aromatic N) is 2. The molecule has 0 unspecified atom stereocenters. The zero-order chi connectivity index (χ0) is 15.0. The van der Waals surface area contributed by atoms with Crippen molar-refractivity contribution < 1.29 is 0 Å². The standard InChI is InChI=1S/C16H18IN3O/c1-9-7-10(2)13(18-8-9)15-19-14(11-5-3-4-6-11)12(17)16(21)20-15/h7-8,11H,3-6H2,1-2H3,(H,19,20,21). The largest absolute Gasteiger partial charge is 0.304 e. The van der Waals surface area contributed by atoms with Gasteiger partial charge >= 0.3 is 0 Å². The fraction of sp³-hybridized carbons (Fsp3) is 0.438. The minimum absolute atomic E-state index is 0.0516. The molecule has 0 bridgehead atoms. The van der Waals surface area contributed by atoms with E-state index in [0.29, 0.717) is 11.7 Å². The van der Waals surface area contributed by atoms with Crippen LogP contribution in [0.5, 0.6) is 0 Å². The highest BCUT2D eigenvalue weighted by Crippen LogP contribution is 2.35. The molecule has 0 radical (unpaired) electrons. The van der Waals surface area contributed by atoms with Crippen LogP contribution in [0.2, 0.25) is 0 Å². The van der Waals surface area contributed by atoms with Gasteiger partial charge < -0.3 is 4.98 Å². The number of aromatic amines is 1. The van der Waals surface area contributed by atoms with Gasteiger partial charge in [0, 0.05) is 12.1 Å². The van der Waals surface area contributed by atoms with Crippen LogP contribution in [-0.4, -0.2) is 15.0 Å². The number of hydrogen-bond donors (Lipinski definition) is 1. The first kappa shape index (κ1) is 14.7. The maximum atomic E-state index is 12.2. The minimum atomic E-state index is -0.0516. The molecule has 0 aromatic carbocycles. The summed E-state index contributed by atoms with van der Waals surface area (Å²) >= 11 is 2.12. The molecule has 2 heterocycles. The maximum absolute atomic E-state index is 12.2. The van der Waals surface area contributed by atoms with Crippen molar-refractivity contribution in [1.82, 2.24) is 15.0 Å². The van der Waals surface area contributed by atoms with Gasteiger partial charge in [-0.05, 0) is 60.4 Å². The van der Waals surface area contributed by atoms with Gasteiger partial charge in [-0.3, -0.25) is 9.78 Å². The molecule has 4 nitrogen and oxygen atoms in total. The third kappa shape index (κ3) is 2.88. The molecule has 1 fully saturated rings. The van der Waals surface area contributed by atoms with E-state index in [9.17, 15) is 4.79 Å². The van der Waals surface area contributed by atoms with Crippen molar-refractivity contribution in [3.63, 3.8) is 0 Å². The van der Waals surface area contributed by atoms with Crippen LogP contribution < -0.4 is 5.56 Å². The summed E-state index contributed by atoms with van der Waals surface area (Å²) in [5.41, 5.74) is 3.82. The van der Waals surface area contributed by atoms with Crippen molar-refractivity contribution in [2.75, 3.05) is 0 Å². The van der Waals surface area contributed by atoms with E-state index < -0.39 is 0 Å². The fourth-order valence-corrected chi connectivity index (χ4v) is 3.72. The van der Waals surface area contributed by atoms with Gasteiger partial charge in [0.15, 0.2) is 5.82 Å². The van der Waals surface area contributed by atoms with Gasteiger partial charge in [-0.1, -0.05) is 18.9 Å². The molecule has 3 rings (SSSR count). The quantitative estimate of drug-likeness (QED) is 0.789. The molecule has 1 saturated carbocycles. The Kier molecular flexibility index (Phi) is 4.10. The van der Waals surface area contributed by atoms with Gasteiger partial charge in [-0.25, -0.2) is 4.98 Å². The van der Waals surface area contributed by atoms with E-state index in [1.165, 1.54) is 12.8 Å². The Morgan fingerprint density at radius 3 is 2.67 bits per heavy atom. The monoisotopic (exact) mass is 395 g/mol. The summed E-state index contributed by atoms with van der Waals surface area (Å²) in [7, 11) is 0. The molecule has 2 aromatic rings. The van der Waals surface area contributed by atoms with Crippen LogP contribution in [0.1, 0.15) is 48.4 Å². The Labute approximate surface area is 137 Å². The van der Waals surface area contributed by atoms with Gasteiger partial charge in [-0.15, -0.1) is 0 Å². The van der Waals surface area contributed by atoms with Gasteiger partial charge in [-0.2, -0.15) is 0 Å². The van der Waals surface area contributed by atoms with Gasteiger partial charge in [0.05, 0.1) is 5.69 Å². The number of aryl methyl sites for hydroxylation is 2. The second kappa shape index (κ2) is 5.87. The number of aromatic nitrogens is 3. The number of rotatable bonds is 2. The van der Waals surface area contributed by atoms with Crippen LogP contribution in [0.15, 0.2) is 17.1 Å². The number of hydrogen-bond acceptors (Lipinski definition) is 3. The van der Waals surface area contributed by atoms with E-state index in [1.807, 2.05) is 20.0 Å². The molecule has 0 aliphatic heterocycles. The van der Waals surface area contributed by atoms with E-state index in [1.54, 1.807) is 0 Å². The first-order valence-electron chi connectivity index (χ1n) is 7.29. The summed E-state index contributed by atoms with van der Waals surface area (Å²) in [6.07, 6.45) is 6.53. The molecule has 1 aliphatic rings. The first-order chi connectivity index (χ1) is 10.1. The Morgan fingerprint density at radius 2 is 2.00 bits per heavy atom. The third-order valence-electron chi connectivity index (χ3n) is 4.07. The third-order valence-corrected chi connectivity index (χ3v) is 5.11. The SMILES string of the molecule is Cc1cnc(-c2nc(C3CCCC3)c(I)c(=O)[nH]2)c(C)c1. The lowest BCUT2D eigenvalue weighted by atomic mass is 10.0. The first-order valence-corrected chi connectivity index (χ1v) is 8.37. The van der Waals surface area contributed by atoms with Crippen LogP contribution in [0.4, 0.5) is 0 Å². The zero-order valence-corrected chi connectivity index (χ0v) is 14.4. The summed E-state index contributed by atoms with van der Waals surface area (Å²) in [5.74, 6) is 1.02. The van der Waals surface area contributed by atoms with Crippen LogP contribution in [0.25, 0.3) is 11.5 Å². The number of halogens is 1. The lowest BCUT2D eigenvalue weighted by molar-refractivity contribution is 0.687. The number of H-pyrrole nitrogens is 1. The Balaban J connectivity index is 2.13. The normalized spacial score (nSPS) is 15.6. The Bertz CT molecular complexity index is 733. The van der Waals surface area contributed by atoms with Crippen molar-refractivity contribution in [3.8, 4) is 11.5 Å². The topological polar surface area (TPSA) is 58.6 Å².